The lowest BCUT2D eigenvalue weighted by Gasteiger charge is -2.41. The molecule has 1 amide bonds. The second-order valence-electron chi connectivity index (χ2n) is 8.55. The van der Waals surface area contributed by atoms with Crippen LogP contribution in [0.25, 0.3) is 22.2 Å². The normalized spacial score (nSPS) is 19.6. The maximum atomic E-state index is 12.1. The van der Waals surface area contributed by atoms with Crippen LogP contribution in [0.2, 0.25) is 0 Å². The van der Waals surface area contributed by atoms with Gasteiger partial charge in [-0.25, -0.2) is 9.80 Å². The Morgan fingerprint density at radius 2 is 2.03 bits per heavy atom. The van der Waals surface area contributed by atoms with Crippen molar-refractivity contribution in [3.05, 3.63) is 57.6 Å². The number of nitrogens with one attached hydrogen (secondary N) is 3. The molecule has 3 atom stereocenters. The molecule has 4 N–H and O–H groups in total. The lowest BCUT2D eigenvalue weighted by atomic mass is 9.84. The Labute approximate surface area is 203 Å². The second kappa shape index (κ2) is 8.01. The Morgan fingerprint density at radius 1 is 1.26 bits per heavy atom. The molecule has 176 valence electrons. The molecule has 3 aromatic rings. The molecule has 1 aromatic heterocycles. The molecule has 0 saturated heterocycles. The molecule has 1 aliphatic carbocycles. The number of hydrogen-bond acceptors (Lipinski definition) is 7. The van der Waals surface area contributed by atoms with Crippen LogP contribution in [0.4, 0.5) is 4.79 Å². The topological polar surface area (TPSA) is 131 Å². The number of carboxylic acids is 1. The van der Waals surface area contributed by atoms with E-state index in [1.807, 2.05) is 43.1 Å². The zero-order valence-electron chi connectivity index (χ0n) is 18.7. The van der Waals surface area contributed by atoms with Crippen LogP contribution >= 0.6 is 15.9 Å². The number of H-pyrrole nitrogens is 1. The fourth-order valence-corrected chi connectivity index (χ4v) is 5.46. The lowest BCUT2D eigenvalue weighted by Crippen LogP contribution is -2.54. The molecule has 0 saturated carbocycles. The van der Waals surface area contributed by atoms with Crippen LogP contribution < -0.4 is 10.7 Å². The molecule has 1 spiro atoms. The van der Waals surface area contributed by atoms with Crippen molar-refractivity contribution in [3.8, 4) is 11.3 Å². The first-order valence-corrected chi connectivity index (χ1v) is 11.6. The summed E-state index contributed by atoms with van der Waals surface area (Å²) in [7, 11) is 0. The van der Waals surface area contributed by atoms with Gasteiger partial charge in [-0.1, -0.05) is 40.8 Å². The Kier molecular flexibility index (Phi) is 5.23. The molecule has 2 bridgehead atoms. The quantitative estimate of drug-likeness (QED) is 0.394. The first kappa shape index (κ1) is 22.2. The van der Waals surface area contributed by atoms with Gasteiger partial charge in [-0.3, -0.25) is 10.2 Å². The standard InChI is InChI=1S/C23H23BrN6O4/c1-11-8-9-16-17-18(11)23(15-7-5-4-6-14(15)20(26-16)19(17)24)27-28-29-30(23)12(2)10-34-22(33)25-13(3)21(31)32/h4-9,12-13,26H,10H2,1-3H3,(H,25,33)(H,27,29)(H,31,32)/t12?,13-,23?/m0/s1. The van der Waals surface area contributed by atoms with E-state index in [-0.39, 0.29) is 6.61 Å². The highest BCUT2D eigenvalue weighted by Gasteiger charge is 2.51. The van der Waals surface area contributed by atoms with Crippen LogP contribution in [0.5, 0.6) is 0 Å². The molecule has 5 rings (SSSR count). The summed E-state index contributed by atoms with van der Waals surface area (Å²) in [6, 6.07) is 10.7. The van der Waals surface area contributed by atoms with Gasteiger partial charge in [0.1, 0.15) is 12.6 Å². The average molecular weight is 527 g/mol. The van der Waals surface area contributed by atoms with E-state index >= 15 is 0 Å². The van der Waals surface area contributed by atoms with E-state index in [2.05, 4.69) is 54.2 Å². The highest BCUT2D eigenvalue weighted by molar-refractivity contribution is 9.10. The number of carbonyl (C=O) groups excluding carboxylic acids is 1. The van der Waals surface area contributed by atoms with E-state index < -0.39 is 29.8 Å². The Hall–Kier alpha value is -3.60. The molecule has 11 heteroatoms. The number of halogens is 1. The predicted molar refractivity (Wildman–Crippen MR) is 128 cm³/mol. The number of alkyl carbamates (subject to hydrolysis) is 1. The van der Waals surface area contributed by atoms with Gasteiger partial charge in [-0.05, 0) is 48.3 Å². The summed E-state index contributed by atoms with van der Waals surface area (Å²) in [5.41, 5.74) is 8.26. The van der Waals surface area contributed by atoms with Gasteiger partial charge in [-0.2, -0.15) is 0 Å². The van der Waals surface area contributed by atoms with Crippen molar-refractivity contribution < 1.29 is 19.4 Å². The minimum atomic E-state index is -1.14. The van der Waals surface area contributed by atoms with Gasteiger partial charge in [-0.15, -0.1) is 0 Å². The van der Waals surface area contributed by atoms with Crippen LogP contribution in [0.15, 0.2) is 51.3 Å². The first-order valence-electron chi connectivity index (χ1n) is 10.8. The van der Waals surface area contributed by atoms with Crippen molar-refractivity contribution in [2.45, 2.75) is 38.5 Å². The number of rotatable bonds is 5. The number of aromatic amines is 1. The number of carbonyl (C=O) groups is 2. The van der Waals surface area contributed by atoms with Gasteiger partial charge >= 0.3 is 12.1 Å². The van der Waals surface area contributed by atoms with Crippen LogP contribution in [0.3, 0.4) is 0 Å². The summed E-state index contributed by atoms with van der Waals surface area (Å²) in [5, 5.41) is 22.8. The van der Waals surface area contributed by atoms with E-state index in [1.165, 1.54) is 6.92 Å². The summed E-state index contributed by atoms with van der Waals surface area (Å²) >= 11 is 3.81. The summed E-state index contributed by atoms with van der Waals surface area (Å²) in [5.74, 6) is -1.14. The summed E-state index contributed by atoms with van der Waals surface area (Å²) in [6.45, 7) is 5.26. The molecule has 0 radical (unpaired) electrons. The fourth-order valence-electron chi connectivity index (χ4n) is 4.74. The number of amides is 1. The number of aliphatic carboxylic acids is 1. The maximum absolute atomic E-state index is 12.1. The first-order chi connectivity index (χ1) is 16.3. The number of nitrogens with zero attached hydrogens (tertiary/aromatic N) is 3. The molecule has 2 heterocycles. The van der Waals surface area contributed by atoms with Crippen molar-refractivity contribution >= 4 is 38.9 Å². The molecule has 0 fully saturated rings. The van der Waals surface area contributed by atoms with E-state index in [9.17, 15) is 9.59 Å². The summed E-state index contributed by atoms with van der Waals surface area (Å²) < 4.78 is 6.31. The Balaban J connectivity index is 1.58. The number of aromatic nitrogens is 1. The minimum Gasteiger partial charge on any atom is -0.480 e. The second-order valence-corrected chi connectivity index (χ2v) is 9.34. The highest BCUT2D eigenvalue weighted by Crippen LogP contribution is 2.52. The molecule has 1 aliphatic heterocycles. The van der Waals surface area contributed by atoms with Gasteiger partial charge in [0, 0.05) is 27.6 Å². The van der Waals surface area contributed by atoms with Crippen molar-refractivity contribution in [1.29, 1.82) is 0 Å². The largest absolute Gasteiger partial charge is 0.480 e. The van der Waals surface area contributed by atoms with Crippen LogP contribution in [0, 0.1) is 6.92 Å². The Bertz CT molecular complexity index is 1350. The monoisotopic (exact) mass is 526 g/mol. The number of hydrogen-bond donors (Lipinski definition) is 4. The molecule has 2 aromatic carbocycles. The molecule has 2 unspecified atom stereocenters. The fraction of sp³-hybridized carbons (Fsp3) is 0.304. The summed E-state index contributed by atoms with van der Waals surface area (Å²) in [6.07, 6.45) is -0.808. The highest BCUT2D eigenvalue weighted by atomic mass is 79.9. The van der Waals surface area contributed by atoms with Gasteiger partial charge in [0.2, 0.25) is 0 Å². The van der Waals surface area contributed by atoms with Gasteiger partial charge < -0.3 is 20.1 Å². The summed E-state index contributed by atoms with van der Waals surface area (Å²) in [4.78, 5) is 26.7. The maximum Gasteiger partial charge on any atom is 0.407 e. The minimum absolute atomic E-state index is 0.0312. The average Bonchev–Trinajstić information content (AvgIpc) is 3.37. The molecular formula is C23H23BrN6O4. The van der Waals surface area contributed by atoms with Crippen molar-refractivity contribution in [1.82, 2.24) is 20.7 Å². The van der Waals surface area contributed by atoms with Crippen molar-refractivity contribution in [3.63, 3.8) is 0 Å². The zero-order chi connectivity index (χ0) is 24.2. The lowest BCUT2D eigenvalue weighted by molar-refractivity contribution is -0.138. The predicted octanol–water partition coefficient (Wildman–Crippen LogP) is 4.20. The molecule has 2 aliphatic rings. The number of carboxylic acid groups (broad SMARTS) is 1. The Morgan fingerprint density at radius 3 is 2.79 bits per heavy atom. The number of aryl methyl sites for hydroxylation is 1. The van der Waals surface area contributed by atoms with E-state index in [1.54, 1.807) is 0 Å². The van der Waals surface area contributed by atoms with Gasteiger partial charge in [0.25, 0.3) is 0 Å². The van der Waals surface area contributed by atoms with Crippen molar-refractivity contribution in [2.75, 3.05) is 6.61 Å². The smallest absolute Gasteiger partial charge is 0.407 e. The van der Waals surface area contributed by atoms with Crippen LogP contribution in [0.1, 0.15) is 30.5 Å². The van der Waals surface area contributed by atoms with Gasteiger partial charge in [0.05, 0.1) is 16.2 Å². The van der Waals surface area contributed by atoms with Crippen molar-refractivity contribution in [2.24, 2.45) is 10.4 Å². The molecule has 10 nitrogen and oxygen atoms in total. The third-order valence-corrected chi connectivity index (χ3v) is 7.13. The third kappa shape index (κ3) is 3.14. The SMILES string of the molecule is Cc1ccc2[nH]c3c(Br)c2c1C1(NN=NN1C(C)COC(=O)N[C@@H](C)C(=O)O)c1ccccc1-3. The van der Waals surface area contributed by atoms with Gasteiger partial charge in [0.15, 0.2) is 5.66 Å². The van der Waals surface area contributed by atoms with E-state index in [0.717, 1.165) is 43.3 Å². The third-order valence-electron chi connectivity index (χ3n) is 6.33. The van der Waals surface area contributed by atoms with Crippen LogP contribution in [-0.4, -0.2) is 45.9 Å². The van der Waals surface area contributed by atoms with E-state index in [4.69, 9.17) is 9.84 Å². The zero-order valence-corrected chi connectivity index (χ0v) is 20.3. The number of fused-ring (bicyclic) bond motifs is 5. The molecule has 34 heavy (non-hydrogen) atoms. The van der Waals surface area contributed by atoms with Crippen LogP contribution in [-0.2, 0) is 15.2 Å². The number of benzene rings is 2. The number of ether oxygens (including phenoxy) is 1. The van der Waals surface area contributed by atoms with E-state index in [0.29, 0.717) is 0 Å². The molecular weight excluding hydrogens is 504 g/mol.